The standard InChI is InChI=1S/C13H15ClF3N5O/c1-8-5-11(13(15,16)17)20-22(8)9(2)12(23)18-3-4-21-7-10(14)6-19-21/h5-7,9H,3-4H2,1-2H3,(H,18,23). The molecule has 0 aliphatic carbocycles. The van der Waals surface area contributed by atoms with E-state index < -0.39 is 23.8 Å². The van der Waals surface area contributed by atoms with E-state index in [1.54, 1.807) is 10.9 Å². The minimum absolute atomic E-state index is 0.263. The molecule has 0 aliphatic rings. The van der Waals surface area contributed by atoms with Crippen LogP contribution in [0.2, 0.25) is 5.02 Å². The van der Waals surface area contributed by atoms with Crippen LogP contribution in [-0.2, 0) is 17.5 Å². The maximum absolute atomic E-state index is 12.6. The van der Waals surface area contributed by atoms with Crippen LogP contribution in [0.1, 0.15) is 24.4 Å². The van der Waals surface area contributed by atoms with Crippen LogP contribution in [0.25, 0.3) is 0 Å². The number of halogens is 4. The van der Waals surface area contributed by atoms with Gasteiger partial charge in [0.1, 0.15) is 6.04 Å². The van der Waals surface area contributed by atoms with E-state index in [9.17, 15) is 18.0 Å². The molecule has 0 aromatic carbocycles. The van der Waals surface area contributed by atoms with Crippen LogP contribution >= 0.6 is 11.6 Å². The van der Waals surface area contributed by atoms with Crippen molar-refractivity contribution in [2.75, 3.05) is 6.54 Å². The van der Waals surface area contributed by atoms with Crippen molar-refractivity contribution >= 4 is 17.5 Å². The van der Waals surface area contributed by atoms with Gasteiger partial charge in [0.15, 0.2) is 5.69 Å². The Balaban J connectivity index is 1.95. The van der Waals surface area contributed by atoms with Gasteiger partial charge < -0.3 is 5.32 Å². The van der Waals surface area contributed by atoms with E-state index in [2.05, 4.69) is 15.5 Å². The number of rotatable bonds is 5. The molecule has 0 fully saturated rings. The molecule has 23 heavy (non-hydrogen) atoms. The van der Waals surface area contributed by atoms with Gasteiger partial charge in [0, 0.05) is 18.4 Å². The van der Waals surface area contributed by atoms with Crippen molar-refractivity contribution in [1.82, 2.24) is 24.9 Å². The van der Waals surface area contributed by atoms with Gasteiger partial charge in [0.25, 0.3) is 0 Å². The van der Waals surface area contributed by atoms with E-state index in [-0.39, 0.29) is 12.2 Å². The van der Waals surface area contributed by atoms with Gasteiger partial charge in [-0.2, -0.15) is 23.4 Å². The zero-order valence-corrected chi connectivity index (χ0v) is 13.2. The van der Waals surface area contributed by atoms with Crippen molar-refractivity contribution in [2.45, 2.75) is 32.6 Å². The first kappa shape index (κ1) is 17.3. The average Bonchev–Trinajstić information content (AvgIpc) is 3.03. The average molecular weight is 350 g/mol. The zero-order valence-electron chi connectivity index (χ0n) is 12.4. The Morgan fingerprint density at radius 3 is 2.70 bits per heavy atom. The van der Waals surface area contributed by atoms with E-state index in [0.29, 0.717) is 11.6 Å². The first-order valence-corrected chi connectivity index (χ1v) is 7.15. The second-order valence-electron chi connectivity index (χ2n) is 5.00. The molecule has 1 unspecified atom stereocenters. The van der Waals surface area contributed by atoms with Gasteiger partial charge in [-0.1, -0.05) is 11.6 Å². The van der Waals surface area contributed by atoms with Crippen LogP contribution in [0.3, 0.4) is 0 Å². The van der Waals surface area contributed by atoms with Crippen LogP contribution in [0.5, 0.6) is 0 Å². The van der Waals surface area contributed by atoms with Crippen molar-refractivity contribution in [3.05, 3.63) is 34.9 Å². The van der Waals surface area contributed by atoms with Gasteiger partial charge in [-0.3, -0.25) is 14.2 Å². The van der Waals surface area contributed by atoms with E-state index in [1.165, 1.54) is 20.0 Å². The molecule has 10 heteroatoms. The lowest BCUT2D eigenvalue weighted by molar-refractivity contribution is -0.142. The molecule has 0 saturated heterocycles. The van der Waals surface area contributed by atoms with Gasteiger partial charge in [-0.05, 0) is 19.9 Å². The molecule has 0 saturated carbocycles. The van der Waals surface area contributed by atoms with Crippen LogP contribution in [0.4, 0.5) is 13.2 Å². The molecule has 0 spiro atoms. The van der Waals surface area contributed by atoms with Crippen molar-refractivity contribution in [2.24, 2.45) is 0 Å². The number of alkyl halides is 3. The van der Waals surface area contributed by atoms with Gasteiger partial charge in [0.05, 0.1) is 17.8 Å². The number of nitrogens with one attached hydrogen (secondary N) is 1. The lowest BCUT2D eigenvalue weighted by Crippen LogP contribution is -2.34. The Hall–Kier alpha value is -2.03. The predicted molar refractivity (Wildman–Crippen MR) is 76.9 cm³/mol. The molecule has 1 atom stereocenters. The molecule has 6 nitrogen and oxygen atoms in total. The third-order valence-electron chi connectivity index (χ3n) is 3.20. The smallest absolute Gasteiger partial charge is 0.352 e. The summed E-state index contributed by atoms with van der Waals surface area (Å²) < 4.78 is 40.5. The maximum Gasteiger partial charge on any atom is 0.435 e. The Labute approximate surface area is 135 Å². The van der Waals surface area contributed by atoms with Gasteiger partial charge in [-0.15, -0.1) is 0 Å². The summed E-state index contributed by atoms with van der Waals surface area (Å²) in [6, 6.07) is 0.0579. The molecule has 0 bridgehead atoms. The van der Waals surface area contributed by atoms with E-state index >= 15 is 0 Å². The summed E-state index contributed by atoms with van der Waals surface area (Å²) in [7, 11) is 0. The lowest BCUT2D eigenvalue weighted by Gasteiger charge is -2.14. The highest BCUT2D eigenvalue weighted by atomic mass is 35.5. The number of hydrogen-bond donors (Lipinski definition) is 1. The second kappa shape index (κ2) is 6.61. The predicted octanol–water partition coefficient (Wildman–Crippen LogP) is 2.44. The first-order chi connectivity index (χ1) is 10.7. The fraction of sp³-hybridized carbons (Fsp3) is 0.462. The van der Waals surface area contributed by atoms with Crippen LogP contribution in [0, 0.1) is 6.92 Å². The zero-order chi connectivity index (χ0) is 17.2. The third-order valence-corrected chi connectivity index (χ3v) is 3.40. The highest BCUT2D eigenvalue weighted by Crippen LogP contribution is 2.29. The Morgan fingerprint density at radius 2 is 2.17 bits per heavy atom. The fourth-order valence-corrected chi connectivity index (χ4v) is 2.19. The lowest BCUT2D eigenvalue weighted by atomic mass is 10.3. The summed E-state index contributed by atoms with van der Waals surface area (Å²) >= 11 is 5.71. The number of carbonyl (C=O) groups excluding carboxylic acids is 1. The quantitative estimate of drug-likeness (QED) is 0.901. The number of carbonyl (C=O) groups is 1. The van der Waals surface area contributed by atoms with Crippen molar-refractivity contribution in [1.29, 1.82) is 0 Å². The summed E-state index contributed by atoms with van der Waals surface area (Å²) in [5.74, 6) is -0.428. The molecule has 1 N–H and O–H groups in total. The normalized spacial score (nSPS) is 13.1. The first-order valence-electron chi connectivity index (χ1n) is 6.77. The van der Waals surface area contributed by atoms with Crippen molar-refractivity contribution in [3.8, 4) is 0 Å². The minimum Gasteiger partial charge on any atom is -0.352 e. The van der Waals surface area contributed by atoms with Crippen LogP contribution < -0.4 is 5.32 Å². The third kappa shape index (κ3) is 4.25. The molecular weight excluding hydrogens is 335 g/mol. The van der Waals surface area contributed by atoms with Crippen LogP contribution in [-0.4, -0.2) is 32.0 Å². The summed E-state index contributed by atoms with van der Waals surface area (Å²) in [4.78, 5) is 12.0. The Kier molecular flexibility index (Phi) is 4.98. The summed E-state index contributed by atoms with van der Waals surface area (Å²) in [6.07, 6.45) is -1.46. The molecule has 2 aromatic rings. The van der Waals surface area contributed by atoms with E-state index in [4.69, 9.17) is 11.6 Å². The molecular formula is C13H15ClF3N5O. The molecule has 2 heterocycles. The van der Waals surface area contributed by atoms with Crippen LogP contribution in [0.15, 0.2) is 18.5 Å². The molecule has 1 amide bonds. The summed E-state index contributed by atoms with van der Waals surface area (Å²) in [5, 5.41) is 10.5. The highest BCUT2D eigenvalue weighted by molar-refractivity contribution is 6.30. The minimum atomic E-state index is -4.54. The monoisotopic (exact) mass is 349 g/mol. The molecule has 0 aliphatic heterocycles. The summed E-state index contributed by atoms with van der Waals surface area (Å²) in [5.41, 5.74) is -0.750. The second-order valence-corrected chi connectivity index (χ2v) is 5.44. The number of amides is 1. The van der Waals surface area contributed by atoms with Gasteiger partial charge in [-0.25, -0.2) is 0 Å². The largest absolute Gasteiger partial charge is 0.435 e. The Morgan fingerprint density at radius 1 is 1.48 bits per heavy atom. The number of aromatic nitrogens is 4. The van der Waals surface area contributed by atoms with Crippen molar-refractivity contribution in [3.63, 3.8) is 0 Å². The fourth-order valence-electron chi connectivity index (χ4n) is 2.03. The van der Waals surface area contributed by atoms with E-state index in [1.807, 2.05) is 0 Å². The molecule has 126 valence electrons. The van der Waals surface area contributed by atoms with Crippen molar-refractivity contribution < 1.29 is 18.0 Å². The number of aryl methyl sites for hydroxylation is 1. The van der Waals surface area contributed by atoms with E-state index in [0.717, 1.165) is 10.7 Å². The topological polar surface area (TPSA) is 64.7 Å². The molecule has 0 radical (unpaired) electrons. The van der Waals surface area contributed by atoms with Gasteiger partial charge in [0.2, 0.25) is 5.91 Å². The Bertz CT molecular complexity index is 694. The molecule has 2 aromatic heterocycles. The number of nitrogens with zero attached hydrogens (tertiary/aromatic N) is 4. The maximum atomic E-state index is 12.6. The highest BCUT2D eigenvalue weighted by Gasteiger charge is 2.35. The number of hydrogen-bond acceptors (Lipinski definition) is 3. The SMILES string of the molecule is Cc1cc(C(F)(F)F)nn1C(C)C(=O)NCCn1cc(Cl)cn1. The summed E-state index contributed by atoms with van der Waals surface area (Å²) in [6.45, 7) is 3.63. The van der Waals surface area contributed by atoms with Gasteiger partial charge >= 0.3 is 6.18 Å². The molecule has 2 rings (SSSR count).